The Morgan fingerprint density at radius 1 is 1.06 bits per heavy atom. The minimum atomic E-state index is -0.768. The first-order chi connectivity index (χ1) is 14.6. The molecule has 1 aromatic rings. The van der Waals surface area contributed by atoms with Crippen LogP contribution in [0.1, 0.15) is 78.3 Å². The van der Waals surface area contributed by atoms with Crippen molar-refractivity contribution in [2.45, 2.75) is 90.4 Å². The van der Waals surface area contributed by atoms with E-state index in [0.29, 0.717) is 0 Å². The zero-order valence-electron chi connectivity index (χ0n) is 19.4. The molecule has 0 radical (unpaired) electrons. The molecule has 2 rings (SSSR count). The second-order valence-corrected chi connectivity index (χ2v) is 9.41. The van der Waals surface area contributed by atoms with Crippen LogP contribution >= 0.6 is 0 Å². The minimum Gasteiger partial charge on any atom is -0.444 e. The molecule has 0 spiro atoms. The van der Waals surface area contributed by atoms with Crippen LogP contribution in [0, 0.1) is 0 Å². The largest absolute Gasteiger partial charge is 0.444 e. The highest BCUT2D eigenvalue weighted by Crippen LogP contribution is 2.25. The van der Waals surface area contributed by atoms with Crippen molar-refractivity contribution in [2.75, 3.05) is 6.54 Å². The first-order valence-corrected chi connectivity index (χ1v) is 11.2. The molecule has 1 fully saturated rings. The topological polar surface area (TPSA) is 87.7 Å². The van der Waals surface area contributed by atoms with Crippen molar-refractivity contribution >= 4 is 17.9 Å². The molecule has 1 unspecified atom stereocenters. The van der Waals surface area contributed by atoms with Crippen molar-refractivity contribution in [2.24, 2.45) is 0 Å². The number of carbonyl (C=O) groups is 3. The molecule has 0 aromatic heterocycles. The lowest BCUT2D eigenvalue weighted by atomic mass is 9.94. The highest BCUT2D eigenvalue weighted by molar-refractivity contribution is 5.90. The highest BCUT2D eigenvalue weighted by atomic mass is 16.6. The summed E-state index contributed by atoms with van der Waals surface area (Å²) in [5, 5.41) is 5.68. The zero-order chi connectivity index (χ0) is 23.0. The SMILES string of the molecule is CC(C)N(C(=O)CNC(=O)OC(C)(C)C)C(C(=O)NC1CCCCC1)c1ccccc1. The number of hydrogen-bond donors (Lipinski definition) is 2. The summed E-state index contributed by atoms with van der Waals surface area (Å²) in [6.45, 7) is 8.78. The molecule has 1 atom stereocenters. The number of ether oxygens (including phenoxy) is 1. The van der Waals surface area contributed by atoms with Gasteiger partial charge in [-0.25, -0.2) is 4.79 Å². The summed E-state index contributed by atoms with van der Waals surface area (Å²) in [6, 6.07) is 8.44. The van der Waals surface area contributed by atoms with Crippen LogP contribution in [0.15, 0.2) is 30.3 Å². The van der Waals surface area contributed by atoms with Gasteiger partial charge in [0.15, 0.2) is 0 Å². The van der Waals surface area contributed by atoms with Gasteiger partial charge in [-0.3, -0.25) is 9.59 Å². The van der Waals surface area contributed by atoms with E-state index in [1.165, 1.54) is 6.42 Å². The molecule has 0 bridgehead atoms. The monoisotopic (exact) mass is 431 g/mol. The van der Waals surface area contributed by atoms with E-state index in [1.54, 1.807) is 25.7 Å². The van der Waals surface area contributed by atoms with Crippen LogP contribution in [0.5, 0.6) is 0 Å². The van der Waals surface area contributed by atoms with E-state index < -0.39 is 17.7 Å². The molecule has 7 heteroatoms. The minimum absolute atomic E-state index is 0.136. The van der Waals surface area contributed by atoms with Gasteiger partial charge in [-0.15, -0.1) is 0 Å². The van der Waals surface area contributed by atoms with Gasteiger partial charge in [0, 0.05) is 12.1 Å². The summed E-state index contributed by atoms with van der Waals surface area (Å²) in [5.74, 6) is -0.522. The average molecular weight is 432 g/mol. The number of amides is 3. The maximum absolute atomic E-state index is 13.4. The Balaban J connectivity index is 2.19. The second kappa shape index (κ2) is 11.2. The number of hydrogen-bond acceptors (Lipinski definition) is 4. The lowest BCUT2D eigenvalue weighted by molar-refractivity contribution is -0.142. The number of nitrogens with zero attached hydrogens (tertiary/aromatic N) is 1. The third-order valence-electron chi connectivity index (χ3n) is 5.22. The standard InChI is InChI=1S/C24H37N3O4/c1-17(2)27(20(28)16-25-23(30)31-24(3,4)5)21(18-12-8-6-9-13-18)22(29)26-19-14-10-7-11-15-19/h6,8-9,12-13,17,19,21H,7,10-11,14-16H2,1-5H3,(H,25,30)(H,26,29). The van der Waals surface area contributed by atoms with Gasteiger partial charge in [-0.1, -0.05) is 49.6 Å². The number of rotatable bonds is 7. The molecule has 3 amide bonds. The molecule has 7 nitrogen and oxygen atoms in total. The van der Waals surface area contributed by atoms with Gasteiger partial charge < -0.3 is 20.3 Å². The van der Waals surface area contributed by atoms with Crippen LogP contribution in [0.3, 0.4) is 0 Å². The maximum Gasteiger partial charge on any atom is 0.408 e. The molecule has 172 valence electrons. The third kappa shape index (κ3) is 7.89. The normalized spacial score (nSPS) is 15.8. The van der Waals surface area contributed by atoms with Gasteiger partial charge in [0.1, 0.15) is 18.2 Å². The van der Waals surface area contributed by atoms with Crippen molar-refractivity contribution in [1.29, 1.82) is 0 Å². The predicted molar refractivity (Wildman–Crippen MR) is 120 cm³/mol. The number of carbonyl (C=O) groups excluding carboxylic acids is 3. The quantitative estimate of drug-likeness (QED) is 0.685. The molecule has 0 aliphatic heterocycles. The summed E-state index contributed by atoms with van der Waals surface area (Å²) in [4.78, 5) is 40.1. The summed E-state index contributed by atoms with van der Waals surface area (Å²) >= 11 is 0. The van der Waals surface area contributed by atoms with Gasteiger partial charge in [0.2, 0.25) is 11.8 Å². The van der Waals surface area contributed by atoms with E-state index in [0.717, 1.165) is 31.2 Å². The van der Waals surface area contributed by atoms with Gasteiger partial charge in [0.25, 0.3) is 0 Å². The van der Waals surface area contributed by atoms with Crippen molar-refractivity contribution in [3.63, 3.8) is 0 Å². The number of alkyl carbamates (subject to hydrolysis) is 1. The van der Waals surface area contributed by atoms with E-state index in [2.05, 4.69) is 10.6 Å². The van der Waals surface area contributed by atoms with Gasteiger partial charge in [-0.05, 0) is 53.0 Å². The van der Waals surface area contributed by atoms with Gasteiger partial charge >= 0.3 is 6.09 Å². The van der Waals surface area contributed by atoms with E-state index in [4.69, 9.17) is 4.74 Å². The second-order valence-electron chi connectivity index (χ2n) is 9.41. The van der Waals surface area contributed by atoms with Crippen LogP contribution in [-0.2, 0) is 14.3 Å². The molecule has 1 aliphatic rings. The smallest absolute Gasteiger partial charge is 0.408 e. The lowest BCUT2D eigenvalue weighted by Gasteiger charge is -2.36. The number of nitrogens with one attached hydrogen (secondary N) is 2. The summed E-state index contributed by atoms with van der Waals surface area (Å²) in [5.41, 5.74) is 0.0901. The molecule has 1 saturated carbocycles. The van der Waals surface area contributed by atoms with Crippen LogP contribution in [-0.4, -0.2) is 47.0 Å². The maximum atomic E-state index is 13.4. The van der Waals surface area contributed by atoms with Gasteiger partial charge in [-0.2, -0.15) is 0 Å². The Morgan fingerprint density at radius 3 is 2.23 bits per heavy atom. The molecule has 2 N–H and O–H groups in total. The molecular formula is C24H37N3O4. The Bertz CT molecular complexity index is 737. The first-order valence-electron chi connectivity index (χ1n) is 11.2. The average Bonchev–Trinajstić information content (AvgIpc) is 2.70. The fraction of sp³-hybridized carbons (Fsp3) is 0.625. The van der Waals surface area contributed by atoms with Crippen molar-refractivity contribution < 1.29 is 19.1 Å². The lowest BCUT2D eigenvalue weighted by Crippen LogP contribution is -2.52. The summed E-state index contributed by atoms with van der Waals surface area (Å²) in [7, 11) is 0. The fourth-order valence-corrected chi connectivity index (χ4v) is 3.88. The highest BCUT2D eigenvalue weighted by Gasteiger charge is 2.34. The molecule has 1 aromatic carbocycles. The Kier molecular flexibility index (Phi) is 8.89. The predicted octanol–water partition coefficient (Wildman–Crippen LogP) is 3.94. The van der Waals surface area contributed by atoms with E-state index in [1.807, 2.05) is 44.2 Å². The van der Waals surface area contributed by atoms with E-state index in [9.17, 15) is 14.4 Å². The van der Waals surface area contributed by atoms with Crippen LogP contribution < -0.4 is 10.6 Å². The Labute approximate surface area is 185 Å². The van der Waals surface area contributed by atoms with E-state index >= 15 is 0 Å². The van der Waals surface area contributed by atoms with E-state index in [-0.39, 0.29) is 30.4 Å². The fourth-order valence-electron chi connectivity index (χ4n) is 3.88. The summed E-state index contributed by atoms with van der Waals surface area (Å²) < 4.78 is 5.22. The van der Waals surface area contributed by atoms with Crippen LogP contribution in [0.2, 0.25) is 0 Å². The molecule has 0 saturated heterocycles. The molecule has 0 heterocycles. The zero-order valence-corrected chi connectivity index (χ0v) is 19.4. The molecular weight excluding hydrogens is 394 g/mol. The third-order valence-corrected chi connectivity index (χ3v) is 5.22. The van der Waals surface area contributed by atoms with Crippen molar-refractivity contribution in [1.82, 2.24) is 15.5 Å². The van der Waals surface area contributed by atoms with Crippen molar-refractivity contribution in [3.8, 4) is 0 Å². The van der Waals surface area contributed by atoms with Gasteiger partial charge in [0.05, 0.1) is 0 Å². The van der Waals surface area contributed by atoms with Crippen molar-refractivity contribution in [3.05, 3.63) is 35.9 Å². The first kappa shape index (κ1) is 24.7. The van der Waals surface area contributed by atoms with Crippen LogP contribution in [0.4, 0.5) is 4.79 Å². The molecule has 1 aliphatic carbocycles. The van der Waals surface area contributed by atoms with Crippen LogP contribution in [0.25, 0.3) is 0 Å². The Hall–Kier alpha value is -2.57. The summed E-state index contributed by atoms with van der Waals surface area (Å²) in [6.07, 6.45) is 4.67. The molecule has 31 heavy (non-hydrogen) atoms. The number of benzene rings is 1. The Morgan fingerprint density at radius 2 is 1.68 bits per heavy atom.